The van der Waals surface area contributed by atoms with Gasteiger partial charge in [-0.2, -0.15) is 5.10 Å². The van der Waals surface area contributed by atoms with Crippen LogP contribution in [-0.4, -0.2) is 55.4 Å². The number of carbonyl (C=O) groups is 1. The molecule has 1 aliphatic heterocycles. The molecule has 1 amide bonds. The Bertz CT molecular complexity index is 639. The van der Waals surface area contributed by atoms with Crippen LogP contribution in [0.1, 0.15) is 24.5 Å². The van der Waals surface area contributed by atoms with Crippen LogP contribution < -0.4 is 0 Å². The van der Waals surface area contributed by atoms with Gasteiger partial charge in [0.05, 0.1) is 5.69 Å². The summed E-state index contributed by atoms with van der Waals surface area (Å²) in [5, 5.41) is 13.5. The highest BCUT2D eigenvalue weighted by Crippen LogP contribution is 2.29. The molecule has 0 radical (unpaired) electrons. The Kier molecular flexibility index (Phi) is 3.35. The van der Waals surface area contributed by atoms with Crippen LogP contribution in [0.15, 0.2) is 12.4 Å². The van der Waals surface area contributed by atoms with E-state index in [0.717, 1.165) is 29.7 Å². The summed E-state index contributed by atoms with van der Waals surface area (Å²) in [5.41, 5.74) is 2.46. The second kappa shape index (κ2) is 5.16. The highest BCUT2D eigenvalue weighted by atomic mass is 16.3. The predicted octanol–water partition coefficient (Wildman–Crippen LogP) is 0.0616. The zero-order chi connectivity index (χ0) is 14.1. The van der Waals surface area contributed by atoms with Crippen LogP contribution in [0.4, 0.5) is 0 Å². The maximum Gasteiger partial charge on any atom is 0.248 e. The van der Waals surface area contributed by atoms with Crippen LogP contribution in [0.25, 0.3) is 11.2 Å². The third-order valence-corrected chi connectivity index (χ3v) is 3.78. The van der Waals surface area contributed by atoms with E-state index in [4.69, 9.17) is 5.11 Å². The van der Waals surface area contributed by atoms with Crippen LogP contribution >= 0.6 is 0 Å². The zero-order valence-corrected chi connectivity index (χ0v) is 11.4. The molecule has 1 unspecified atom stereocenters. The molecule has 3 heterocycles. The van der Waals surface area contributed by atoms with Gasteiger partial charge in [-0.25, -0.2) is 14.6 Å². The number of aryl methyl sites for hydroxylation is 1. The van der Waals surface area contributed by atoms with Crippen LogP contribution in [0.3, 0.4) is 0 Å². The maximum absolute atomic E-state index is 11.6. The van der Waals surface area contributed by atoms with E-state index in [1.165, 1.54) is 0 Å². The molecule has 0 aromatic carbocycles. The molecule has 0 bridgehead atoms. The lowest BCUT2D eigenvalue weighted by molar-refractivity contribution is -0.135. The normalized spacial score (nSPS) is 19.5. The van der Waals surface area contributed by atoms with Crippen molar-refractivity contribution in [3.63, 3.8) is 0 Å². The zero-order valence-electron chi connectivity index (χ0n) is 11.4. The van der Waals surface area contributed by atoms with Gasteiger partial charge in [-0.05, 0) is 12.8 Å². The van der Waals surface area contributed by atoms with Crippen molar-refractivity contribution in [2.45, 2.75) is 18.8 Å². The number of piperidine rings is 1. The highest BCUT2D eigenvalue weighted by Gasteiger charge is 2.28. The second-order valence-electron chi connectivity index (χ2n) is 5.07. The summed E-state index contributed by atoms with van der Waals surface area (Å²) < 4.78 is 1.73. The molecule has 0 saturated carbocycles. The molecule has 1 saturated heterocycles. The molecule has 0 spiro atoms. The van der Waals surface area contributed by atoms with Gasteiger partial charge in [0, 0.05) is 38.4 Å². The van der Waals surface area contributed by atoms with E-state index < -0.39 is 6.61 Å². The molecule has 20 heavy (non-hydrogen) atoms. The number of amides is 1. The predicted molar refractivity (Wildman–Crippen MR) is 71.9 cm³/mol. The lowest BCUT2D eigenvalue weighted by Gasteiger charge is -2.31. The van der Waals surface area contributed by atoms with Crippen molar-refractivity contribution in [3.05, 3.63) is 18.1 Å². The van der Waals surface area contributed by atoms with Crippen LogP contribution in [0.5, 0.6) is 0 Å². The molecule has 1 aliphatic rings. The summed E-state index contributed by atoms with van der Waals surface area (Å²) in [5.74, 6) is -0.0688. The van der Waals surface area contributed by atoms with Gasteiger partial charge in [-0.3, -0.25) is 4.79 Å². The lowest BCUT2D eigenvalue weighted by atomic mass is 9.94. The Balaban J connectivity index is 1.93. The molecular formula is C13H17N5O2. The molecule has 1 atom stereocenters. The van der Waals surface area contributed by atoms with Crippen molar-refractivity contribution in [1.29, 1.82) is 0 Å². The molecule has 2 aromatic rings. The number of aliphatic hydroxyl groups excluding tert-OH is 1. The molecule has 106 valence electrons. The average molecular weight is 275 g/mol. The Morgan fingerprint density at radius 2 is 2.25 bits per heavy atom. The largest absolute Gasteiger partial charge is 0.387 e. The quantitative estimate of drug-likeness (QED) is 0.838. The number of carbonyl (C=O) groups excluding carboxylic acids is 1. The van der Waals surface area contributed by atoms with E-state index in [1.807, 2.05) is 7.05 Å². The van der Waals surface area contributed by atoms with Gasteiger partial charge >= 0.3 is 0 Å². The first-order chi connectivity index (χ1) is 9.70. The van der Waals surface area contributed by atoms with Gasteiger partial charge in [0.2, 0.25) is 5.91 Å². The molecule has 7 heteroatoms. The monoisotopic (exact) mass is 275 g/mol. The summed E-state index contributed by atoms with van der Waals surface area (Å²) in [7, 11) is 1.85. The molecule has 1 N–H and O–H groups in total. The molecule has 2 aromatic heterocycles. The van der Waals surface area contributed by atoms with Crippen molar-refractivity contribution < 1.29 is 9.90 Å². The fourth-order valence-electron chi connectivity index (χ4n) is 2.81. The van der Waals surface area contributed by atoms with Crippen molar-refractivity contribution in [1.82, 2.24) is 24.6 Å². The summed E-state index contributed by atoms with van der Waals surface area (Å²) in [6.07, 6.45) is 5.19. The van der Waals surface area contributed by atoms with Gasteiger partial charge in [0.25, 0.3) is 0 Å². The van der Waals surface area contributed by atoms with Gasteiger partial charge in [-0.15, -0.1) is 0 Å². The lowest BCUT2D eigenvalue weighted by Crippen LogP contribution is -2.40. The molecule has 0 aliphatic carbocycles. The summed E-state index contributed by atoms with van der Waals surface area (Å²) in [6.45, 7) is 0.851. The van der Waals surface area contributed by atoms with Crippen molar-refractivity contribution in [2.24, 2.45) is 7.05 Å². The Hall–Kier alpha value is -2.02. The third-order valence-electron chi connectivity index (χ3n) is 3.78. The second-order valence-corrected chi connectivity index (χ2v) is 5.07. The minimum absolute atomic E-state index is 0.152. The van der Waals surface area contributed by atoms with Gasteiger partial charge in [-0.1, -0.05) is 0 Å². The molecule has 7 nitrogen and oxygen atoms in total. The van der Waals surface area contributed by atoms with Crippen LogP contribution in [0, 0.1) is 0 Å². The highest BCUT2D eigenvalue weighted by molar-refractivity contribution is 5.78. The smallest absolute Gasteiger partial charge is 0.248 e. The summed E-state index contributed by atoms with van der Waals surface area (Å²) >= 11 is 0. The van der Waals surface area contributed by atoms with E-state index >= 15 is 0 Å². The van der Waals surface area contributed by atoms with Crippen LogP contribution in [-0.2, 0) is 11.8 Å². The first-order valence-electron chi connectivity index (χ1n) is 6.73. The standard InChI is InChI=1S/C13H17N5O2/c1-17-13-12(14-4-5-15-13)11(16-17)9-3-2-6-18(7-9)10(20)8-19/h4-5,9,19H,2-3,6-8H2,1H3. The number of aromatic nitrogens is 4. The van der Waals surface area contributed by atoms with E-state index in [1.54, 1.807) is 22.0 Å². The fourth-order valence-corrected chi connectivity index (χ4v) is 2.81. The van der Waals surface area contributed by atoms with E-state index in [0.29, 0.717) is 13.1 Å². The van der Waals surface area contributed by atoms with Crippen molar-refractivity contribution in [3.8, 4) is 0 Å². The first-order valence-corrected chi connectivity index (χ1v) is 6.73. The van der Waals surface area contributed by atoms with E-state index in [2.05, 4.69) is 15.1 Å². The average Bonchev–Trinajstić information content (AvgIpc) is 2.84. The van der Waals surface area contributed by atoms with Crippen LogP contribution in [0.2, 0.25) is 0 Å². The van der Waals surface area contributed by atoms with Gasteiger partial charge in [0.1, 0.15) is 12.1 Å². The van der Waals surface area contributed by atoms with Crippen molar-refractivity contribution >= 4 is 17.1 Å². The molecule has 1 fully saturated rings. The maximum atomic E-state index is 11.6. The number of fused-ring (bicyclic) bond motifs is 1. The summed E-state index contributed by atoms with van der Waals surface area (Å²) in [6, 6.07) is 0. The Morgan fingerprint density at radius 1 is 1.45 bits per heavy atom. The van der Waals surface area contributed by atoms with Gasteiger partial charge in [0.15, 0.2) is 5.65 Å². The number of hydrogen-bond acceptors (Lipinski definition) is 5. The number of hydrogen-bond donors (Lipinski definition) is 1. The van der Waals surface area contributed by atoms with E-state index in [-0.39, 0.29) is 11.8 Å². The van der Waals surface area contributed by atoms with Gasteiger partial charge < -0.3 is 10.0 Å². The van der Waals surface area contributed by atoms with E-state index in [9.17, 15) is 4.79 Å². The first kappa shape index (κ1) is 13.0. The molecule has 3 rings (SSSR count). The molecular weight excluding hydrogens is 258 g/mol. The number of rotatable bonds is 2. The Labute approximate surface area is 116 Å². The SMILES string of the molecule is Cn1nc(C2CCCN(C(=O)CO)C2)c2nccnc21. The topological polar surface area (TPSA) is 84.1 Å². The Morgan fingerprint density at radius 3 is 3.05 bits per heavy atom. The number of aliphatic hydroxyl groups is 1. The minimum atomic E-state index is -0.435. The number of likely N-dealkylation sites (tertiary alicyclic amines) is 1. The van der Waals surface area contributed by atoms with Crippen molar-refractivity contribution in [2.75, 3.05) is 19.7 Å². The summed E-state index contributed by atoms with van der Waals surface area (Å²) in [4.78, 5) is 22.0. The number of nitrogens with zero attached hydrogens (tertiary/aromatic N) is 5. The third kappa shape index (κ3) is 2.14. The fraction of sp³-hybridized carbons (Fsp3) is 0.538. The minimum Gasteiger partial charge on any atom is -0.387 e.